The minimum atomic E-state index is 0.363. The molecule has 0 saturated heterocycles. The van der Waals surface area contributed by atoms with Gasteiger partial charge in [0.25, 0.3) is 0 Å². The van der Waals surface area contributed by atoms with Gasteiger partial charge in [0.1, 0.15) is 18.2 Å². The molecule has 0 radical (unpaired) electrons. The monoisotopic (exact) mass is 521 g/mol. The molecular weight excluding hydrogens is 486 g/mol. The number of methoxy groups -OCH3 is 1. The quantitative estimate of drug-likeness (QED) is 0.190. The van der Waals surface area contributed by atoms with Crippen LogP contribution in [0.1, 0.15) is 49.3 Å². The number of pyridine rings is 1. The van der Waals surface area contributed by atoms with Gasteiger partial charge in [0.2, 0.25) is 0 Å². The first-order valence-corrected chi connectivity index (χ1v) is 13.5. The Morgan fingerprint density at radius 3 is 2.41 bits per heavy atom. The van der Waals surface area contributed by atoms with E-state index in [1.54, 1.807) is 19.5 Å². The average molecular weight is 522 g/mol. The summed E-state index contributed by atoms with van der Waals surface area (Å²) in [6.07, 6.45) is 8.66. The first-order valence-electron chi connectivity index (χ1n) is 13.5. The summed E-state index contributed by atoms with van der Waals surface area (Å²) in [4.78, 5) is 18.1. The van der Waals surface area contributed by atoms with Gasteiger partial charge in [0.15, 0.2) is 0 Å². The number of aromatic nitrogens is 5. The number of ether oxygens (including phenoxy) is 2. The topological polar surface area (TPSA) is 75.0 Å². The van der Waals surface area contributed by atoms with Crippen LogP contribution in [0.5, 0.6) is 11.8 Å². The van der Waals surface area contributed by atoms with E-state index in [0.29, 0.717) is 25.1 Å². The first-order chi connectivity index (χ1) is 19.1. The summed E-state index contributed by atoms with van der Waals surface area (Å²) in [5.41, 5.74) is 7.30. The highest BCUT2D eigenvalue weighted by molar-refractivity contribution is 5.78. The third kappa shape index (κ3) is 6.25. The van der Waals surface area contributed by atoms with Crippen molar-refractivity contribution in [2.45, 2.75) is 53.2 Å². The molecule has 5 aromatic rings. The van der Waals surface area contributed by atoms with Gasteiger partial charge in [-0.2, -0.15) is 0 Å². The van der Waals surface area contributed by atoms with Crippen LogP contribution in [-0.4, -0.2) is 31.6 Å². The Kier molecular flexibility index (Phi) is 8.16. The molecule has 7 heteroatoms. The van der Waals surface area contributed by atoms with Crippen molar-refractivity contribution in [3.05, 3.63) is 95.8 Å². The molecule has 0 atom stereocenters. The van der Waals surface area contributed by atoms with Gasteiger partial charge in [0.05, 0.1) is 23.8 Å². The van der Waals surface area contributed by atoms with Crippen LogP contribution < -0.4 is 9.47 Å². The fourth-order valence-electron chi connectivity index (χ4n) is 4.75. The van der Waals surface area contributed by atoms with E-state index < -0.39 is 0 Å². The summed E-state index contributed by atoms with van der Waals surface area (Å²) in [6, 6.07) is 19.1. The fourth-order valence-corrected chi connectivity index (χ4v) is 4.75. The van der Waals surface area contributed by atoms with Crippen LogP contribution in [0.3, 0.4) is 0 Å². The van der Waals surface area contributed by atoms with Crippen molar-refractivity contribution in [2.75, 3.05) is 7.11 Å². The van der Waals surface area contributed by atoms with Crippen molar-refractivity contribution in [3.63, 3.8) is 0 Å². The molecule has 0 saturated carbocycles. The number of rotatable bonds is 11. The number of benzene rings is 2. The Hall–Kier alpha value is -4.26. The van der Waals surface area contributed by atoms with E-state index in [9.17, 15) is 0 Å². The van der Waals surface area contributed by atoms with E-state index >= 15 is 0 Å². The molecule has 0 aliphatic carbocycles. The minimum Gasteiger partial charge on any atom is -0.487 e. The van der Waals surface area contributed by atoms with Crippen LogP contribution in [0.25, 0.3) is 22.2 Å². The summed E-state index contributed by atoms with van der Waals surface area (Å²) in [5, 5.41) is 0. The molecule has 0 aliphatic heterocycles. The summed E-state index contributed by atoms with van der Waals surface area (Å²) in [7, 11) is 1.57. The smallest absolute Gasteiger partial charge is 0.316 e. The lowest BCUT2D eigenvalue weighted by Crippen LogP contribution is -2.10. The first kappa shape index (κ1) is 26.4. The molecule has 7 nitrogen and oxygen atoms in total. The van der Waals surface area contributed by atoms with Crippen LogP contribution in [-0.2, 0) is 19.6 Å². The Morgan fingerprint density at radius 2 is 1.69 bits per heavy atom. The highest BCUT2D eigenvalue weighted by Crippen LogP contribution is 2.27. The van der Waals surface area contributed by atoms with Gasteiger partial charge in [0, 0.05) is 43.2 Å². The van der Waals surface area contributed by atoms with Crippen LogP contribution >= 0.6 is 0 Å². The zero-order valence-corrected chi connectivity index (χ0v) is 23.1. The van der Waals surface area contributed by atoms with Crippen LogP contribution in [0.2, 0.25) is 0 Å². The molecule has 0 N–H and O–H groups in total. The van der Waals surface area contributed by atoms with Crippen LogP contribution in [0.15, 0.2) is 73.2 Å². The highest BCUT2D eigenvalue weighted by Gasteiger charge is 2.16. The molecule has 0 unspecified atom stereocenters. The normalized spacial score (nSPS) is 11.3. The molecular formula is C32H35N5O2. The molecule has 0 fully saturated rings. The molecule has 39 heavy (non-hydrogen) atoms. The van der Waals surface area contributed by atoms with Gasteiger partial charge >= 0.3 is 6.01 Å². The molecule has 200 valence electrons. The number of hydrogen-bond acceptors (Lipinski definition) is 6. The Labute approximate surface area is 229 Å². The minimum absolute atomic E-state index is 0.363. The lowest BCUT2D eigenvalue weighted by molar-refractivity contribution is 0.301. The van der Waals surface area contributed by atoms with Gasteiger partial charge in [-0.05, 0) is 53.8 Å². The summed E-state index contributed by atoms with van der Waals surface area (Å²) >= 11 is 0. The number of aryl methyl sites for hydroxylation is 1. The highest BCUT2D eigenvalue weighted by atomic mass is 16.5. The van der Waals surface area contributed by atoms with Crippen molar-refractivity contribution in [3.8, 4) is 22.9 Å². The molecule has 0 amide bonds. The second-order valence-corrected chi connectivity index (χ2v) is 9.93. The van der Waals surface area contributed by atoms with Crippen LogP contribution in [0.4, 0.5) is 0 Å². The molecule has 0 bridgehead atoms. The molecule has 3 heterocycles. The van der Waals surface area contributed by atoms with E-state index in [1.165, 1.54) is 5.56 Å². The third-order valence-corrected chi connectivity index (χ3v) is 7.20. The van der Waals surface area contributed by atoms with Crippen molar-refractivity contribution >= 4 is 11.0 Å². The van der Waals surface area contributed by atoms with Gasteiger partial charge in [-0.3, -0.25) is 4.98 Å². The number of imidazole rings is 1. The zero-order valence-electron chi connectivity index (χ0n) is 23.1. The van der Waals surface area contributed by atoms with E-state index in [-0.39, 0.29) is 0 Å². The number of fused-ring (bicyclic) bond motifs is 1. The van der Waals surface area contributed by atoms with E-state index in [0.717, 1.165) is 64.3 Å². The van der Waals surface area contributed by atoms with E-state index in [2.05, 4.69) is 75.8 Å². The fraction of sp³-hybridized carbons (Fsp3) is 0.312. The summed E-state index contributed by atoms with van der Waals surface area (Å²) < 4.78 is 13.6. The second kappa shape index (κ2) is 12.1. The number of nitrogens with zero attached hydrogens (tertiary/aromatic N) is 5. The van der Waals surface area contributed by atoms with Gasteiger partial charge < -0.3 is 14.0 Å². The van der Waals surface area contributed by atoms with Gasteiger partial charge in [-0.25, -0.2) is 15.0 Å². The lowest BCUT2D eigenvalue weighted by Gasteiger charge is -2.15. The van der Waals surface area contributed by atoms with E-state index in [4.69, 9.17) is 14.5 Å². The Morgan fingerprint density at radius 1 is 0.872 bits per heavy atom. The maximum atomic E-state index is 6.15. The molecule has 0 aliphatic rings. The molecule has 5 rings (SSSR count). The number of hydrogen-bond donors (Lipinski definition) is 0. The predicted molar refractivity (Wildman–Crippen MR) is 154 cm³/mol. The van der Waals surface area contributed by atoms with Crippen molar-refractivity contribution in [1.29, 1.82) is 0 Å². The zero-order chi connectivity index (χ0) is 27.2. The van der Waals surface area contributed by atoms with E-state index in [1.807, 2.05) is 25.3 Å². The average Bonchev–Trinajstić information content (AvgIpc) is 3.31. The van der Waals surface area contributed by atoms with Gasteiger partial charge in [-0.1, -0.05) is 51.0 Å². The Balaban J connectivity index is 1.47. The SMILES string of the molecule is CCC(CC)Cc1nc2ccc(OCc3ccc(C)cn3)cc2n1Cc1cccc(-c2cnc(OC)nc2)c1. The largest absolute Gasteiger partial charge is 0.487 e. The molecule has 0 spiro atoms. The Bertz CT molecular complexity index is 1520. The third-order valence-electron chi connectivity index (χ3n) is 7.20. The maximum absolute atomic E-state index is 6.15. The predicted octanol–water partition coefficient (Wildman–Crippen LogP) is 6.81. The van der Waals surface area contributed by atoms with Crippen molar-refractivity contribution in [2.24, 2.45) is 5.92 Å². The molecule has 2 aromatic carbocycles. The van der Waals surface area contributed by atoms with Gasteiger partial charge in [-0.15, -0.1) is 0 Å². The summed E-state index contributed by atoms with van der Waals surface area (Å²) in [5.74, 6) is 2.50. The maximum Gasteiger partial charge on any atom is 0.316 e. The van der Waals surface area contributed by atoms with Crippen LogP contribution in [0, 0.1) is 12.8 Å². The summed E-state index contributed by atoms with van der Waals surface area (Å²) in [6.45, 7) is 7.68. The standard InChI is InChI=1S/C32H35N5O2/c1-5-23(6-2)15-31-36-29-13-12-28(39-21-27-11-10-22(3)17-33-27)16-30(29)37(31)20-24-8-7-9-25(14-24)26-18-34-32(38-4)35-19-26/h7-14,16-19,23H,5-6,15,20-21H2,1-4H3. The van der Waals surface area contributed by atoms with Crippen molar-refractivity contribution < 1.29 is 9.47 Å². The second-order valence-electron chi connectivity index (χ2n) is 9.93. The van der Waals surface area contributed by atoms with Crippen molar-refractivity contribution in [1.82, 2.24) is 24.5 Å². The molecule has 3 aromatic heterocycles. The lowest BCUT2D eigenvalue weighted by atomic mass is 9.99.